The van der Waals surface area contributed by atoms with Gasteiger partial charge < -0.3 is 24.4 Å². The van der Waals surface area contributed by atoms with Crippen LogP contribution in [-0.2, 0) is 4.74 Å². The van der Waals surface area contributed by atoms with E-state index in [1.54, 1.807) is 24.3 Å². The molecule has 0 spiro atoms. The number of hydrogen-bond acceptors (Lipinski definition) is 7. The molecule has 2 aromatic carbocycles. The predicted molar refractivity (Wildman–Crippen MR) is 96.6 cm³/mol. The topological polar surface area (TPSA) is 103 Å². The van der Waals surface area contributed by atoms with Crippen molar-refractivity contribution in [3.63, 3.8) is 0 Å². The molecule has 0 aliphatic carbocycles. The summed E-state index contributed by atoms with van der Waals surface area (Å²) in [6.07, 6.45) is 0. The second-order valence-electron chi connectivity index (χ2n) is 6.08. The van der Waals surface area contributed by atoms with Crippen molar-refractivity contribution in [2.75, 3.05) is 43.3 Å². The highest BCUT2D eigenvalue weighted by molar-refractivity contribution is 6.08. The predicted octanol–water partition coefficient (Wildman–Crippen LogP) is 2.41. The second kappa shape index (κ2) is 7.12. The third-order valence-electron chi connectivity index (χ3n) is 4.42. The highest BCUT2D eigenvalue weighted by atomic mass is 16.7. The number of non-ortho nitro benzene ring substituents is 1. The largest absolute Gasteiger partial charge is 0.454 e. The first-order valence-corrected chi connectivity index (χ1v) is 8.44. The van der Waals surface area contributed by atoms with Crippen LogP contribution < -0.4 is 19.7 Å². The van der Waals surface area contributed by atoms with Gasteiger partial charge in [-0.15, -0.1) is 0 Å². The molecule has 1 saturated heterocycles. The highest BCUT2D eigenvalue weighted by Crippen LogP contribution is 2.35. The number of nitro groups is 1. The molecule has 1 fully saturated rings. The number of ether oxygens (including phenoxy) is 3. The van der Waals surface area contributed by atoms with Gasteiger partial charge in [-0.1, -0.05) is 0 Å². The summed E-state index contributed by atoms with van der Waals surface area (Å²) in [5, 5.41) is 13.9. The summed E-state index contributed by atoms with van der Waals surface area (Å²) >= 11 is 0. The van der Waals surface area contributed by atoms with Crippen LogP contribution in [-0.4, -0.2) is 43.9 Å². The van der Waals surface area contributed by atoms with Crippen molar-refractivity contribution in [2.24, 2.45) is 0 Å². The SMILES string of the molecule is O=C(Nc1ccc2c(c1)OCO2)c1cc([N+](=O)[O-])ccc1N1CCOCC1. The summed E-state index contributed by atoms with van der Waals surface area (Å²) in [6, 6.07) is 9.37. The molecule has 0 radical (unpaired) electrons. The van der Waals surface area contributed by atoms with E-state index in [4.69, 9.17) is 14.2 Å². The Bertz CT molecular complexity index is 895. The quantitative estimate of drug-likeness (QED) is 0.650. The molecule has 9 heteroatoms. The molecule has 0 atom stereocenters. The minimum absolute atomic E-state index is 0.136. The molecule has 2 heterocycles. The van der Waals surface area contributed by atoms with Crippen LogP contribution in [0.15, 0.2) is 36.4 Å². The average Bonchev–Trinajstić information content (AvgIpc) is 3.16. The number of carbonyl (C=O) groups is 1. The lowest BCUT2D eigenvalue weighted by Crippen LogP contribution is -2.37. The Morgan fingerprint density at radius 1 is 1.07 bits per heavy atom. The Balaban J connectivity index is 1.64. The van der Waals surface area contributed by atoms with Crippen LogP contribution in [0, 0.1) is 10.1 Å². The number of hydrogen-bond donors (Lipinski definition) is 1. The van der Waals surface area contributed by atoms with E-state index < -0.39 is 10.8 Å². The van der Waals surface area contributed by atoms with Gasteiger partial charge in [-0.05, 0) is 18.2 Å². The molecule has 2 aromatic rings. The first kappa shape index (κ1) is 17.1. The van der Waals surface area contributed by atoms with Crippen LogP contribution in [0.25, 0.3) is 0 Å². The number of nitrogens with zero attached hydrogens (tertiary/aromatic N) is 2. The highest BCUT2D eigenvalue weighted by Gasteiger charge is 2.23. The number of anilines is 2. The Hall–Kier alpha value is -3.33. The fourth-order valence-electron chi connectivity index (χ4n) is 3.07. The van der Waals surface area contributed by atoms with Gasteiger partial charge in [-0.2, -0.15) is 0 Å². The first-order valence-electron chi connectivity index (χ1n) is 8.44. The van der Waals surface area contributed by atoms with Gasteiger partial charge in [0.25, 0.3) is 11.6 Å². The van der Waals surface area contributed by atoms with E-state index in [1.807, 2.05) is 4.90 Å². The molecule has 0 bridgehead atoms. The van der Waals surface area contributed by atoms with Crippen molar-refractivity contribution in [2.45, 2.75) is 0 Å². The van der Waals surface area contributed by atoms with Gasteiger partial charge in [0, 0.05) is 37.0 Å². The fraction of sp³-hybridized carbons (Fsp3) is 0.278. The van der Waals surface area contributed by atoms with Gasteiger partial charge in [0.2, 0.25) is 6.79 Å². The number of nitro benzene ring substituents is 1. The van der Waals surface area contributed by atoms with Gasteiger partial charge in [-0.3, -0.25) is 14.9 Å². The van der Waals surface area contributed by atoms with E-state index in [2.05, 4.69) is 5.32 Å². The maximum Gasteiger partial charge on any atom is 0.270 e. The fourth-order valence-corrected chi connectivity index (χ4v) is 3.07. The zero-order chi connectivity index (χ0) is 18.8. The van der Waals surface area contributed by atoms with Gasteiger partial charge in [-0.25, -0.2) is 0 Å². The Morgan fingerprint density at radius 2 is 1.85 bits per heavy atom. The number of nitrogens with one attached hydrogen (secondary N) is 1. The second-order valence-corrected chi connectivity index (χ2v) is 6.08. The lowest BCUT2D eigenvalue weighted by molar-refractivity contribution is -0.384. The monoisotopic (exact) mass is 371 g/mol. The van der Waals surface area contributed by atoms with Crippen LogP contribution in [0.5, 0.6) is 11.5 Å². The minimum atomic E-state index is -0.513. The number of morpholine rings is 1. The van der Waals surface area contributed by atoms with Crippen molar-refractivity contribution in [1.82, 2.24) is 0 Å². The number of rotatable bonds is 4. The normalized spacial score (nSPS) is 15.5. The molecule has 2 aliphatic heterocycles. The third kappa shape index (κ3) is 3.49. The van der Waals surface area contributed by atoms with E-state index in [9.17, 15) is 14.9 Å². The summed E-state index contributed by atoms with van der Waals surface area (Å²) < 4.78 is 15.9. The molecule has 0 unspecified atom stereocenters. The average molecular weight is 371 g/mol. The molecule has 140 valence electrons. The van der Waals surface area contributed by atoms with Crippen LogP contribution in [0.1, 0.15) is 10.4 Å². The molecule has 0 aromatic heterocycles. The van der Waals surface area contributed by atoms with E-state index in [-0.39, 0.29) is 18.0 Å². The minimum Gasteiger partial charge on any atom is -0.454 e. The van der Waals surface area contributed by atoms with Crippen molar-refractivity contribution in [3.05, 3.63) is 52.1 Å². The Morgan fingerprint density at radius 3 is 2.63 bits per heavy atom. The third-order valence-corrected chi connectivity index (χ3v) is 4.42. The van der Waals surface area contributed by atoms with Crippen molar-refractivity contribution in [1.29, 1.82) is 0 Å². The molecular formula is C18H17N3O6. The standard InChI is InChI=1S/C18H17N3O6/c22-18(19-12-1-4-16-17(9-12)27-11-26-16)14-10-13(21(23)24)2-3-15(14)20-5-7-25-8-6-20/h1-4,9-10H,5-8,11H2,(H,19,22). The molecule has 9 nitrogen and oxygen atoms in total. The number of amides is 1. The van der Waals surface area contributed by atoms with E-state index in [1.165, 1.54) is 12.1 Å². The maximum absolute atomic E-state index is 12.9. The van der Waals surface area contributed by atoms with Gasteiger partial charge in [0.15, 0.2) is 11.5 Å². The van der Waals surface area contributed by atoms with Crippen molar-refractivity contribution >= 4 is 23.0 Å². The molecule has 1 amide bonds. The van der Waals surface area contributed by atoms with E-state index in [0.29, 0.717) is 49.2 Å². The lowest BCUT2D eigenvalue weighted by Gasteiger charge is -2.30. The summed E-state index contributed by atoms with van der Waals surface area (Å²) in [5.41, 5.74) is 1.26. The molecule has 2 aliphatic rings. The lowest BCUT2D eigenvalue weighted by atomic mass is 10.1. The van der Waals surface area contributed by atoms with Crippen molar-refractivity contribution in [3.8, 4) is 11.5 Å². The Labute approximate surface area is 154 Å². The van der Waals surface area contributed by atoms with Gasteiger partial charge >= 0.3 is 0 Å². The molecule has 0 saturated carbocycles. The summed E-state index contributed by atoms with van der Waals surface area (Å²) in [7, 11) is 0. The Kier molecular flexibility index (Phi) is 4.51. The van der Waals surface area contributed by atoms with E-state index in [0.717, 1.165) is 0 Å². The van der Waals surface area contributed by atoms with Crippen molar-refractivity contribution < 1.29 is 23.9 Å². The molecule has 27 heavy (non-hydrogen) atoms. The van der Waals surface area contributed by atoms with Crippen LogP contribution in [0.3, 0.4) is 0 Å². The zero-order valence-electron chi connectivity index (χ0n) is 14.3. The number of fused-ring (bicyclic) bond motifs is 1. The summed E-state index contributed by atoms with van der Waals surface area (Å²) in [4.78, 5) is 25.5. The summed E-state index contributed by atoms with van der Waals surface area (Å²) in [5.74, 6) is 0.719. The zero-order valence-corrected chi connectivity index (χ0v) is 14.3. The van der Waals surface area contributed by atoms with Gasteiger partial charge in [0.1, 0.15) is 0 Å². The number of benzene rings is 2. The molecule has 4 rings (SSSR count). The number of carbonyl (C=O) groups excluding carboxylic acids is 1. The maximum atomic E-state index is 12.9. The van der Waals surface area contributed by atoms with E-state index >= 15 is 0 Å². The summed E-state index contributed by atoms with van der Waals surface area (Å²) in [6.45, 7) is 2.45. The first-order chi connectivity index (χ1) is 13.1. The van der Waals surface area contributed by atoms with Gasteiger partial charge in [0.05, 0.1) is 29.4 Å². The smallest absolute Gasteiger partial charge is 0.270 e. The van der Waals surface area contributed by atoms with Crippen LogP contribution in [0.2, 0.25) is 0 Å². The van der Waals surface area contributed by atoms with Crippen LogP contribution in [0.4, 0.5) is 17.1 Å². The van der Waals surface area contributed by atoms with Crippen LogP contribution >= 0.6 is 0 Å². The molecular weight excluding hydrogens is 354 g/mol. The molecule has 1 N–H and O–H groups in total.